The Hall–Kier alpha value is -2.24. The van der Waals surface area contributed by atoms with Crippen molar-refractivity contribution in [3.8, 4) is 0 Å². The van der Waals surface area contributed by atoms with Gasteiger partial charge in [0.1, 0.15) is 5.69 Å². The largest absolute Gasteiger partial charge is 0.387 e. The van der Waals surface area contributed by atoms with Crippen molar-refractivity contribution in [2.45, 2.75) is 46.6 Å². The molecule has 1 N–H and O–H groups in total. The van der Waals surface area contributed by atoms with E-state index in [1.54, 1.807) is 25.6 Å². The van der Waals surface area contributed by atoms with Crippen LogP contribution in [0.1, 0.15) is 72.5 Å². The molecule has 4 nitrogen and oxygen atoms in total. The predicted octanol–water partition coefficient (Wildman–Crippen LogP) is 5.03. The van der Waals surface area contributed by atoms with Gasteiger partial charge in [-0.25, -0.2) is 4.98 Å². The number of fused-ring (bicyclic) bond motifs is 2. The SMILES string of the molecule is CC1=Cc2nc(C(C)O)ccc2C1.CSC1=C(C)Cc2ccc(C(C)=O)nc21. The van der Waals surface area contributed by atoms with Crippen LogP contribution in [0.5, 0.6) is 0 Å². The first-order valence-corrected chi connectivity index (χ1v) is 10.6. The number of rotatable bonds is 3. The summed E-state index contributed by atoms with van der Waals surface area (Å²) < 4.78 is 0. The van der Waals surface area contributed by atoms with Gasteiger partial charge in [0, 0.05) is 11.8 Å². The van der Waals surface area contributed by atoms with Crippen molar-refractivity contribution in [3.63, 3.8) is 0 Å². The van der Waals surface area contributed by atoms with Crippen LogP contribution < -0.4 is 0 Å². The predicted molar refractivity (Wildman–Crippen MR) is 116 cm³/mol. The van der Waals surface area contributed by atoms with Gasteiger partial charge >= 0.3 is 0 Å². The third-order valence-electron chi connectivity index (χ3n) is 4.92. The maximum Gasteiger partial charge on any atom is 0.178 e. The number of hydrogen-bond donors (Lipinski definition) is 1. The minimum absolute atomic E-state index is 0.0304. The molecule has 0 bridgehead atoms. The van der Waals surface area contributed by atoms with E-state index in [2.05, 4.69) is 42.2 Å². The monoisotopic (exact) mass is 394 g/mol. The van der Waals surface area contributed by atoms with Gasteiger partial charge in [-0.15, -0.1) is 11.8 Å². The van der Waals surface area contributed by atoms with Gasteiger partial charge in [-0.1, -0.05) is 23.3 Å². The van der Waals surface area contributed by atoms with Crippen LogP contribution in [-0.2, 0) is 12.8 Å². The molecular formula is C23H26N2O2S. The van der Waals surface area contributed by atoms with Crippen LogP contribution in [-0.4, -0.2) is 27.1 Å². The molecule has 5 heteroatoms. The zero-order valence-corrected chi connectivity index (χ0v) is 17.9. The standard InChI is InChI=1S/C12H13NOS.C11H13NO/c1-7-6-9-4-5-10(8(2)14)13-11(9)12(7)15-3;1-7-5-9-3-4-10(8(2)13)12-11(9)6-7/h4-5H,6H2,1-3H3;3-4,6,8,13H,5H2,1-2H3. The first-order valence-electron chi connectivity index (χ1n) is 9.40. The molecule has 2 aromatic heterocycles. The highest BCUT2D eigenvalue weighted by Gasteiger charge is 2.20. The van der Waals surface area contributed by atoms with E-state index < -0.39 is 6.10 Å². The Labute approximate surface area is 170 Å². The zero-order chi connectivity index (χ0) is 20.4. The quantitative estimate of drug-likeness (QED) is 0.740. The molecule has 1 atom stereocenters. The van der Waals surface area contributed by atoms with E-state index in [4.69, 9.17) is 0 Å². The van der Waals surface area contributed by atoms with Gasteiger partial charge in [-0.2, -0.15) is 0 Å². The number of aromatic nitrogens is 2. The molecule has 0 aromatic carbocycles. The molecule has 0 spiro atoms. The number of nitrogens with zero attached hydrogens (tertiary/aromatic N) is 2. The van der Waals surface area contributed by atoms with Crippen LogP contribution in [0.4, 0.5) is 0 Å². The fraction of sp³-hybridized carbons (Fsp3) is 0.348. The molecule has 0 aliphatic heterocycles. The highest BCUT2D eigenvalue weighted by Crippen LogP contribution is 2.37. The summed E-state index contributed by atoms with van der Waals surface area (Å²) in [6.07, 6.45) is 5.63. The molecule has 28 heavy (non-hydrogen) atoms. The smallest absolute Gasteiger partial charge is 0.178 e. The molecule has 2 heterocycles. The Kier molecular flexibility index (Phi) is 6.16. The lowest BCUT2D eigenvalue weighted by molar-refractivity contribution is 0.101. The molecule has 0 fully saturated rings. The molecule has 0 amide bonds. The number of carbonyl (C=O) groups excluding carboxylic acids is 1. The number of carbonyl (C=O) groups is 1. The zero-order valence-electron chi connectivity index (χ0n) is 17.0. The average Bonchev–Trinajstić information content (AvgIpc) is 3.18. The number of aliphatic hydroxyl groups is 1. The van der Waals surface area contributed by atoms with Crippen LogP contribution >= 0.6 is 11.8 Å². The molecule has 0 saturated heterocycles. The highest BCUT2D eigenvalue weighted by atomic mass is 32.2. The van der Waals surface area contributed by atoms with Crippen LogP contribution in [0, 0.1) is 0 Å². The Morgan fingerprint density at radius 2 is 1.82 bits per heavy atom. The van der Waals surface area contributed by atoms with E-state index in [1.165, 1.54) is 27.2 Å². The van der Waals surface area contributed by atoms with Crippen molar-refractivity contribution in [1.82, 2.24) is 9.97 Å². The fourth-order valence-corrected chi connectivity index (χ4v) is 4.26. The summed E-state index contributed by atoms with van der Waals surface area (Å²) in [6.45, 7) is 7.52. The number of allylic oxidation sites excluding steroid dienone is 2. The van der Waals surface area contributed by atoms with E-state index in [-0.39, 0.29) is 5.78 Å². The summed E-state index contributed by atoms with van der Waals surface area (Å²) in [4.78, 5) is 21.3. The molecule has 2 aromatic rings. The third-order valence-corrected chi connectivity index (χ3v) is 5.87. The summed E-state index contributed by atoms with van der Waals surface area (Å²) in [5, 5.41) is 9.34. The molecule has 2 aliphatic carbocycles. The van der Waals surface area contributed by atoms with Crippen molar-refractivity contribution < 1.29 is 9.90 Å². The Morgan fingerprint density at radius 1 is 1.11 bits per heavy atom. The number of pyridine rings is 2. The van der Waals surface area contributed by atoms with Crippen LogP contribution in [0.15, 0.2) is 35.4 Å². The molecule has 1 unspecified atom stereocenters. The van der Waals surface area contributed by atoms with E-state index in [0.717, 1.165) is 29.9 Å². The van der Waals surface area contributed by atoms with Gasteiger partial charge in [0.05, 0.1) is 23.2 Å². The van der Waals surface area contributed by atoms with E-state index >= 15 is 0 Å². The number of hydrogen-bond acceptors (Lipinski definition) is 5. The maximum absolute atomic E-state index is 11.2. The first kappa shape index (κ1) is 20.5. The minimum atomic E-state index is -0.473. The van der Waals surface area contributed by atoms with Gasteiger partial charge in [-0.3, -0.25) is 9.78 Å². The Morgan fingerprint density at radius 3 is 2.46 bits per heavy atom. The molecule has 0 saturated carbocycles. The van der Waals surface area contributed by atoms with Crippen molar-refractivity contribution in [2.75, 3.05) is 6.26 Å². The number of Topliss-reactive ketones (excluding diaryl/α,β-unsaturated/α-hetero) is 1. The van der Waals surface area contributed by atoms with Gasteiger partial charge in [0.2, 0.25) is 0 Å². The van der Waals surface area contributed by atoms with E-state index in [1.807, 2.05) is 18.2 Å². The van der Waals surface area contributed by atoms with Crippen molar-refractivity contribution in [3.05, 3.63) is 69.3 Å². The average molecular weight is 395 g/mol. The van der Waals surface area contributed by atoms with Gasteiger partial charge < -0.3 is 5.11 Å². The maximum atomic E-state index is 11.2. The van der Waals surface area contributed by atoms with Crippen LogP contribution in [0.3, 0.4) is 0 Å². The number of thioether (sulfide) groups is 1. The van der Waals surface area contributed by atoms with Gasteiger partial charge in [-0.05, 0) is 69.2 Å². The van der Waals surface area contributed by atoms with Crippen molar-refractivity contribution in [1.29, 1.82) is 0 Å². The Balaban J connectivity index is 0.000000162. The third kappa shape index (κ3) is 4.26. The van der Waals surface area contributed by atoms with E-state index in [9.17, 15) is 9.90 Å². The minimum Gasteiger partial charge on any atom is -0.387 e. The summed E-state index contributed by atoms with van der Waals surface area (Å²) in [7, 11) is 0. The number of ketones is 1. The fourth-order valence-electron chi connectivity index (χ4n) is 3.47. The summed E-state index contributed by atoms with van der Waals surface area (Å²) in [5.41, 5.74) is 8.54. The second-order valence-corrected chi connectivity index (χ2v) is 8.19. The van der Waals surface area contributed by atoms with Crippen molar-refractivity contribution in [2.24, 2.45) is 0 Å². The topological polar surface area (TPSA) is 63.1 Å². The van der Waals surface area contributed by atoms with Gasteiger partial charge in [0.25, 0.3) is 0 Å². The molecular weight excluding hydrogens is 368 g/mol. The first-order chi connectivity index (χ1) is 13.3. The molecule has 2 aliphatic rings. The lowest BCUT2D eigenvalue weighted by atomic mass is 10.1. The number of aliphatic hydroxyl groups excluding tert-OH is 1. The second kappa shape index (κ2) is 8.41. The molecule has 0 radical (unpaired) electrons. The van der Waals surface area contributed by atoms with Crippen LogP contribution in [0.25, 0.3) is 11.0 Å². The summed E-state index contributed by atoms with van der Waals surface area (Å²) in [5.74, 6) is 0.0304. The van der Waals surface area contributed by atoms with E-state index in [0.29, 0.717) is 5.69 Å². The summed E-state index contributed by atoms with van der Waals surface area (Å²) in [6, 6.07) is 7.79. The van der Waals surface area contributed by atoms with Crippen molar-refractivity contribution >= 4 is 28.5 Å². The lowest BCUT2D eigenvalue weighted by Gasteiger charge is -2.05. The Bertz CT molecular complexity index is 990. The summed E-state index contributed by atoms with van der Waals surface area (Å²) >= 11 is 1.71. The highest BCUT2D eigenvalue weighted by molar-refractivity contribution is 8.07. The normalized spacial score (nSPS) is 15.4. The molecule has 4 rings (SSSR count). The molecule has 146 valence electrons. The second-order valence-electron chi connectivity index (χ2n) is 7.37. The van der Waals surface area contributed by atoms with Gasteiger partial charge in [0.15, 0.2) is 5.78 Å². The van der Waals surface area contributed by atoms with Crippen LogP contribution in [0.2, 0.25) is 0 Å². The lowest BCUT2D eigenvalue weighted by Crippen LogP contribution is -1.99.